The monoisotopic (exact) mass is 388 g/mol. The molecule has 9 heteroatoms. The lowest BCUT2D eigenvalue weighted by molar-refractivity contribution is -0.147. The highest BCUT2D eigenvalue weighted by Gasteiger charge is 2.42. The first-order valence-corrected chi connectivity index (χ1v) is 9.92. The maximum atomic E-state index is 12.2. The number of sulfone groups is 1. The molecule has 2 N–H and O–H groups in total. The Morgan fingerprint density at radius 1 is 1.32 bits per heavy atom. The Kier molecular flexibility index (Phi) is 5.95. The molecule has 1 atom stereocenters. The van der Waals surface area contributed by atoms with Crippen molar-refractivity contribution < 1.29 is 23.1 Å². The Labute approximate surface area is 151 Å². The number of hydrogen-bond donors (Lipinski definition) is 2. The lowest BCUT2D eigenvalue weighted by Crippen LogP contribution is -2.41. The van der Waals surface area contributed by atoms with E-state index in [4.69, 9.17) is 16.7 Å². The summed E-state index contributed by atoms with van der Waals surface area (Å²) in [4.78, 5) is 24.9. The van der Waals surface area contributed by atoms with Crippen LogP contribution in [0.2, 0.25) is 5.02 Å². The van der Waals surface area contributed by atoms with E-state index in [2.05, 4.69) is 5.32 Å². The highest BCUT2D eigenvalue weighted by Crippen LogP contribution is 2.29. The minimum atomic E-state index is -3.43. The zero-order valence-corrected chi connectivity index (χ0v) is 15.4. The van der Waals surface area contributed by atoms with E-state index < -0.39 is 21.2 Å². The number of carboxylic acid groups (broad SMARTS) is 1. The molecule has 0 saturated carbocycles. The average molecular weight is 389 g/mol. The number of carbonyl (C=O) groups excluding carboxylic acids is 1. The second-order valence-corrected chi connectivity index (χ2v) is 8.94. The van der Waals surface area contributed by atoms with Crippen molar-refractivity contribution in [3.05, 3.63) is 29.3 Å². The fourth-order valence-corrected chi connectivity index (χ4v) is 4.07. The van der Waals surface area contributed by atoms with E-state index in [1.165, 1.54) is 29.2 Å². The number of carboxylic acids is 1. The van der Waals surface area contributed by atoms with Gasteiger partial charge in [-0.15, -0.1) is 0 Å². The maximum Gasteiger partial charge on any atom is 0.317 e. The molecule has 1 aromatic rings. The van der Waals surface area contributed by atoms with Gasteiger partial charge >= 0.3 is 12.0 Å². The van der Waals surface area contributed by atoms with Gasteiger partial charge in [-0.25, -0.2) is 13.2 Å². The molecule has 138 valence electrons. The van der Waals surface area contributed by atoms with Gasteiger partial charge in [0, 0.05) is 24.7 Å². The van der Waals surface area contributed by atoms with Gasteiger partial charge in [-0.1, -0.05) is 11.6 Å². The standard InChI is InChI=1S/C16H21ClN2O5S/c1-16(14(20)21)7-9-19(11-16)15(22)18-8-2-10-25(23,24)13-5-3-12(17)4-6-13/h3-6H,2,7-11H2,1H3,(H,18,22)(H,20,21). The molecule has 2 amide bonds. The number of likely N-dealkylation sites (tertiary alicyclic amines) is 1. The number of aliphatic carboxylic acids is 1. The van der Waals surface area contributed by atoms with Crippen LogP contribution in [0.1, 0.15) is 19.8 Å². The van der Waals surface area contributed by atoms with Crippen LogP contribution in [0.25, 0.3) is 0 Å². The molecular weight excluding hydrogens is 368 g/mol. The number of benzene rings is 1. The zero-order valence-electron chi connectivity index (χ0n) is 13.9. The Morgan fingerprint density at radius 2 is 1.96 bits per heavy atom. The molecule has 1 aromatic carbocycles. The average Bonchev–Trinajstić information content (AvgIpc) is 2.96. The molecule has 1 fully saturated rings. The summed E-state index contributed by atoms with van der Waals surface area (Å²) < 4.78 is 24.3. The van der Waals surface area contributed by atoms with Gasteiger partial charge in [-0.05, 0) is 44.0 Å². The van der Waals surface area contributed by atoms with Gasteiger partial charge in [-0.3, -0.25) is 4.79 Å². The molecule has 1 aliphatic heterocycles. The molecule has 0 aromatic heterocycles. The Bertz CT molecular complexity index is 750. The van der Waals surface area contributed by atoms with Crippen LogP contribution in [0, 0.1) is 5.41 Å². The lowest BCUT2D eigenvalue weighted by atomic mass is 9.90. The minimum absolute atomic E-state index is 0.0955. The van der Waals surface area contributed by atoms with Crippen LogP contribution in [0.4, 0.5) is 4.79 Å². The van der Waals surface area contributed by atoms with E-state index in [9.17, 15) is 18.0 Å². The van der Waals surface area contributed by atoms with Crippen molar-refractivity contribution in [2.45, 2.75) is 24.7 Å². The number of nitrogens with zero attached hydrogens (tertiary/aromatic N) is 1. The summed E-state index contributed by atoms with van der Waals surface area (Å²) in [6.45, 7) is 2.34. The predicted octanol–water partition coefficient (Wildman–Crippen LogP) is 2.01. The third kappa shape index (κ3) is 4.85. The maximum absolute atomic E-state index is 12.2. The van der Waals surface area contributed by atoms with Crippen molar-refractivity contribution >= 4 is 33.4 Å². The van der Waals surface area contributed by atoms with Crippen molar-refractivity contribution in [2.24, 2.45) is 5.41 Å². The van der Waals surface area contributed by atoms with Crippen molar-refractivity contribution in [1.82, 2.24) is 10.2 Å². The molecule has 1 aliphatic rings. The smallest absolute Gasteiger partial charge is 0.317 e. The number of rotatable bonds is 6. The molecule has 2 rings (SSSR count). The van der Waals surface area contributed by atoms with Gasteiger partial charge < -0.3 is 15.3 Å². The summed E-state index contributed by atoms with van der Waals surface area (Å²) in [5.41, 5.74) is -0.921. The van der Waals surface area contributed by atoms with E-state index >= 15 is 0 Å². The van der Waals surface area contributed by atoms with Crippen LogP contribution < -0.4 is 5.32 Å². The highest BCUT2D eigenvalue weighted by atomic mass is 35.5. The molecule has 1 heterocycles. The Balaban J connectivity index is 1.78. The number of carbonyl (C=O) groups is 2. The van der Waals surface area contributed by atoms with Gasteiger partial charge in [0.05, 0.1) is 16.1 Å². The van der Waals surface area contributed by atoms with Crippen LogP contribution in [0.5, 0.6) is 0 Å². The van der Waals surface area contributed by atoms with Gasteiger partial charge in [0.25, 0.3) is 0 Å². The summed E-state index contributed by atoms with van der Waals surface area (Å²) in [6.07, 6.45) is 0.668. The molecule has 0 bridgehead atoms. The summed E-state index contributed by atoms with van der Waals surface area (Å²) in [5, 5.41) is 12.3. The number of urea groups is 1. The third-order valence-corrected chi connectivity index (χ3v) is 6.38. The Hall–Kier alpha value is -1.80. The normalized spacial score (nSPS) is 20.5. The zero-order chi connectivity index (χ0) is 18.7. The van der Waals surface area contributed by atoms with E-state index in [0.29, 0.717) is 18.0 Å². The van der Waals surface area contributed by atoms with Crippen molar-refractivity contribution in [3.63, 3.8) is 0 Å². The minimum Gasteiger partial charge on any atom is -0.481 e. The van der Waals surface area contributed by atoms with E-state index in [-0.39, 0.29) is 36.2 Å². The van der Waals surface area contributed by atoms with E-state index in [0.717, 1.165) is 0 Å². The summed E-state index contributed by atoms with van der Waals surface area (Å²) in [5.74, 6) is -1.02. The second kappa shape index (κ2) is 7.61. The number of nitrogens with one attached hydrogen (secondary N) is 1. The molecule has 0 radical (unpaired) electrons. The second-order valence-electron chi connectivity index (χ2n) is 6.40. The van der Waals surface area contributed by atoms with Gasteiger partial charge in [0.1, 0.15) is 0 Å². The van der Waals surface area contributed by atoms with Gasteiger partial charge in [-0.2, -0.15) is 0 Å². The molecular formula is C16H21ClN2O5S. The number of hydrogen-bond acceptors (Lipinski definition) is 4. The molecule has 1 saturated heterocycles. The topological polar surface area (TPSA) is 104 Å². The van der Waals surface area contributed by atoms with Crippen LogP contribution in [0.3, 0.4) is 0 Å². The first-order valence-electron chi connectivity index (χ1n) is 7.89. The van der Waals surface area contributed by atoms with Crippen LogP contribution in [-0.2, 0) is 14.6 Å². The summed E-state index contributed by atoms with van der Waals surface area (Å²) in [6, 6.07) is 5.57. The van der Waals surface area contributed by atoms with Crippen LogP contribution >= 0.6 is 11.6 Å². The SMILES string of the molecule is CC1(C(=O)O)CCN(C(=O)NCCCS(=O)(=O)c2ccc(Cl)cc2)C1. The van der Waals surface area contributed by atoms with Crippen LogP contribution in [-0.4, -0.2) is 55.8 Å². The highest BCUT2D eigenvalue weighted by molar-refractivity contribution is 7.91. The molecule has 1 unspecified atom stereocenters. The van der Waals surface area contributed by atoms with Crippen molar-refractivity contribution in [1.29, 1.82) is 0 Å². The molecule has 25 heavy (non-hydrogen) atoms. The molecule has 7 nitrogen and oxygen atoms in total. The number of amides is 2. The fraction of sp³-hybridized carbons (Fsp3) is 0.500. The van der Waals surface area contributed by atoms with Gasteiger partial charge in [0.2, 0.25) is 0 Å². The number of halogens is 1. The van der Waals surface area contributed by atoms with Crippen molar-refractivity contribution in [3.8, 4) is 0 Å². The summed E-state index contributed by atoms with van der Waals surface area (Å²) >= 11 is 5.74. The molecule has 0 spiro atoms. The Morgan fingerprint density at radius 3 is 2.52 bits per heavy atom. The van der Waals surface area contributed by atoms with Crippen LogP contribution in [0.15, 0.2) is 29.2 Å². The lowest BCUT2D eigenvalue weighted by Gasteiger charge is -2.20. The van der Waals surface area contributed by atoms with E-state index in [1.54, 1.807) is 6.92 Å². The molecule has 0 aliphatic carbocycles. The van der Waals surface area contributed by atoms with Crippen molar-refractivity contribution in [2.75, 3.05) is 25.4 Å². The fourth-order valence-electron chi connectivity index (χ4n) is 2.64. The van der Waals surface area contributed by atoms with E-state index in [1.807, 2.05) is 0 Å². The third-order valence-electron chi connectivity index (χ3n) is 4.32. The predicted molar refractivity (Wildman–Crippen MR) is 93.5 cm³/mol. The largest absolute Gasteiger partial charge is 0.481 e. The summed E-state index contributed by atoms with van der Waals surface area (Å²) in [7, 11) is -3.43. The quantitative estimate of drug-likeness (QED) is 0.725. The van der Waals surface area contributed by atoms with Gasteiger partial charge in [0.15, 0.2) is 9.84 Å². The first kappa shape index (κ1) is 19.5. The first-order chi connectivity index (χ1) is 11.6.